The van der Waals surface area contributed by atoms with Gasteiger partial charge >= 0.3 is 0 Å². The molecule has 0 bridgehead atoms. The van der Waals surface area contributed by atoms with E-state index in [0.29, 0.717) is 10.8 Å². The standard InChI is InChI=1S/C22H28FN3O2S/c23-19-3-1-18(2-4-19)20-5-6-21(29-20)22(27)24-15-17-7-8-26(16-17)10-9-25-11-13-28-14-12-25/h1-6,17H,7-16H2,(H,24,27)/t17-/m0/s1. The van der Waals surface area contributed by atoms with E-state index in [1.807, 2.05) is 12.1 Å². The summed E-state index contributed by atoms with van der Waals surface area (Å²) in [7, 11) is 0. The minimum Gasteiger partial charge on any atom is -0.379 e. The fraction of sp³-hybridized carbons (Fsp3) is 0.500. The average molecular weight is 418 g/mol. The lowest BCUT2D eigenvalue weighted by molar-refractivity contribution is 0.0342. The largest absolute Gasteiger partial charge is 0.379 e. The van der Waals surface area contributed by atoms with Crippen LogP contribution in [0.15, 0.2) is 36.4 Å². The van der Waals surface area contributed by atoms with E-state index in [4.69, 9.17) is 4.74 Å². The Morgan fingerprint density at radius 2 is 1.83 bits per heavy atom. The van der Waals surface area contributed by atoms with Crippen LogP contribution in [0.1, 0.15) is 16.1 Å². The molecule has 0 spiro atoms. The van der Waals surface area contributed by atoms with Gasteiger partial charge in [-0.15, -0.1) is 11.3 Å². The third-order valence-corrected chi connectivity index (χ3v) is 6.85. The predicted octanol–water partition coefficient (Wildman–Crippen LogP) is 2.94. The number of morpholine rings is 1. The lowest BCUT2D eigenvalue weighted by atomic mass is 10.1. The molecule has 0 radical (unpaired) electrons. The Morgan fingerprint density at radius 3 is 2.62 bits per heavy atom. The Kier molecular flexibility index (Phi) is 6.92. The van der Waals surface area contributed by atoms with Crippen LogP contribution in [0, 0.1) is 11.7 Å². The molecule has 1 aromatic carbocycles. The molecule has 0 aliphatic carbocycles. The monoisotopic (exact) mass is 417 g/mol. The molecule has 2 aliphatic heterocycles. The Morgan fingerprint density at radius 1 is 1.07 bits per heavy atom. The summed E-state index contributed by atoms with van der Waals surface area (Å²) in [5.74, 6) is 0.245. The Labute approximate surface area is 175 Å². The van der Waals surface area contributed by atoms with Crippen molar-refractivity contribution < 1.29 is 13.9 Å². The quantitative estimate of drug-likeness (QED) is 0.752. The number of carbonyl (C=O) groups is 1. The number of nitrogens with one attached hydrogen (secondary N) is 1. The first kappa shape index (κ1) is 20.5. The number of halogens is 1. The predicted molar refractivity (Wildman–Crippen MR) is 114 cm³/mol. The molecule has 0 saturated carbocycles. The molecule has 2 aliphatic rings. The second-order valence-electron chi connectivity index (χ2n) is 7.79. The highest BCUT2D eigenvalue weighted by Gasteiger charge is 2.24. The molecule has 0 unspecified atom stereocenters. The highest BCUT2D eigenvalue weighted by Crippen LogP contribution is 2.28. The summed E-state index contributed by atoms with van der Waals surface area (Å²) in [6.45, 7) is 8.84. The Hall–Kier alpha value is -1.80. The van der Waals surface area contributed by atoms with Crippen molar-refractivity contribution in [2.45, 2.75) is 6.42 Å². The SMILES string of the molecule is O=C(NC[C@@H]1CCN(CCN2CCOCC2)C1)c1ccc(-c2ccc(F)cc2)s1. The molecule has 2 aromatic rings. The van der Waals surface area contributed by atoms with Crippen LogP contribution >= 0.6 is 11.3 Å². The Bertz CT molecular complexity index is 805. The van der Waals surface area contributed by atoms with E-state index in [9.17, 15) is 9.18 Å². The molecule has 4 rings (SSSR count). The lowest BCUT2D eigenvalue weighted by Crippen LogP contribution is -2.41. The fourth-order valence-electron chi connectivity index (χ4n) is 3.94. The molecule has 1 aromatic heterocycles. The first-order valence-corrected chi connectivity index (χ1v) is 11.2. The van der Waals surface area contributed by atoms with Crippen LogP contribution in [0.25, 0.3) is 10.4 Å². The van der Waals surface area contributed by atoms with E-state index in [2.05, 4.69) is 15.1 Å². The number of nitrogens with zero attached hydrogens (tertiary/aromatic N) is 2. The van der Waals surface area contributed by atoms with Gasteiger partial charge in [0.2, 0.25) is 0 Å². The van der Waals surface area contributed by atoms with Crippen molar-refractivity contribution in [1.82, 2.24) is 15.1 Å². The van der Waals surface area contributed by atoms with Gasteiger partial charge in [-0.3, -0.25) is 9.69 Å². The summed E-state index contributed by atoms with van der Waals surface area (Å²) in [5.41, 5.74) is 0.933. The summed E-state index contributed by atoms with van der Waals surface area (Å²) < 4.78 is 18.5. The fourth-order valence-corrected chi connectivity index (χ4v) is 4.87. The highest BCUT2D eigenvalue weighted by atomic mass is 32.1. The molecule has 2 fully saturated rings. The molecule has 2 saturated heterocycles. The van der Waals surface area contributed by atoms with Gasteiger partial charge in [0.25, 0.3) is 5.91 Å². The zero-order valence-electron chi connectivity index (χ0n) is 16.6. The number of hydrogen-bond acceptors (Lipinski definition) is 5. The van der Waals surface area contributed by atoms with E-state index in [-0.39, 0.29) is 11.7 Å². The van der Waals surface area contributed by atoms with Gasteiger partial charge < -0.3 is 15.0 Å². The number of rotatable bonds is 7. The van der Waals surface area contributed by atoms with Gasteiger partial charge in [0.05, 0.1) is 18.1 Å². The minimum atomic E-state index is -0.251. The number of amides is 1. The normalized spacial score (nSPS) is 20.8. The van der Waals surface area contributed by atoms with Crippen molar-refractivity contribution in [3.8, 4) is 10.4 Å². The van der Waals surface area contributed by atoms with Gasteiger partial charge in [-0.05, 0) is 48.7 Å². The van der Waals surface area contributed by atoms with Crippen molar-refractivity contribution in [3.05, 3.63) is 47.1 Å². The van der Waals surface area contributed by atoms with Gasteiger partial charge in [0.1, 0.15) is 5.82 Å². The van der Waals surface area contributed by atoms with E-state index in [1.165, 1.54) is 23.5 Å². The summed E-state index contributed by atoms with van der Waals surface area (Å²) in [4.78, 5) is 19.2. The van der Waals surface area contributed by atoms with Crippen molar-refractivity contribution in [1.29, 1.82) is 0 Å². The van der Waals surface area contributed by atoms with Crippen LogP contribution in [0.3, 0.4) is 0 Å². The van der Waals surface area contributed by atoms with Crippen molar-refractivity contribution in [3.63, 3.8) is 0 Å². The lowest BCUT2D eigenvalue weighted by Gasteiger charge is -2.28. The van der Waals surface area contributed by atoms with Crippen molar-refractivity contribution in [2.24, 2.45) is 5.92 Å². The highest BCUT2D eigenvalue weighted by molar-refractivity contribution is 7.17. The average Bonchev–Trinajstić information content (AvgIpc) is 3.42. The van der Waals surface area contributed by atoms with Crippen LogP contribution in [0.4, 0.5) is 4.39 Å². The molecule has 156 valence electrons. The van der Waals surface area contributed by atoms with Gasteiger partial charge in [0, 0.05) is 44.1 Å². The zero-order valence-corrected chi connectivity index (χ0v) is 17.4. The topological polar surface area (TPSA) is 44.8 Å². The second kappa shape index (κ2) is 9.80. The van der Waals surface area contributed by atoms with E-state index >= 15 is 0 Å². The molecular weight excluding hydrogens is 389 g/mol. The number of hydrogen-bond donors (Lipinski definition) is 1. The van der Waals surface area contributed by atoms with Crippen LogP contribution < -0.4 is 5.32 Å². The molecule has 7 heteroatoms. The second-order valence-corrected chi connectivity index (χ2v) is 8.87. The van der Waals surface area contributed by atoms with Gasteiger partial charge in [-0.1, -0.05) is 12.1 Å². The number of thiophene rings is 1. The number of carbonyl (C=O) groups excluding carboxylic acids is 1. The maximum atomic E-state index is 13.1. The van der Waals surface area contributed by atoms with Crippen LogP contribution in [0.5, 0.6) is 0 Å². The first-order chi connectivity index (χ1) is 14.2. The van der Waals surface area contributed by atoms with E-state index in [1.54, 1.807) is 12.1 Å². The minimum absolute atomic E-state index is 0.0184. The van der Waals surface area contributed by atoms with Crippen LogP contribution in [0.2, 0.25) is 0 Å². The van der Waals surface area contributed by atoms with Crippen LogP contribution in [-0.4, -0.2) is 74.7 Å². The van der Waals surface area contributed by atoms with Gasteiger partial charge in [-0.2, -0.15) is 0 Å². The smallest absolute Gasteiger partial charge is 0.261 e. The zero-order chi connectivity index (χ0) is 20.1. The van der Waals surface area contributed by atoms with Crippen molar-refractivity contribution in [2.75, 3.05) is 59.0 Å². The maximum Gasteiger partial charge on any atom is 0.261 e. The summed E-state index contributed by atoms with van der Waals surface area (Å²) in [6.07, 6.45) is 1.13. The number of ether oxygens (including phenoxy) is 1. The van der Waals surface area contributed by atoms with Gasteiger partial charge in [0.15, 0.2) is 0 Å². The van der Waals surface area contributed by atoms with Crippen molar-refractivity contribution >= 4 is 17.2 Å². The summed E-state index contributed by atoms with van der Waals surface area (Å²) >= 11 is 1.45. The van der Waals surface area contributed by atoms with E-state index < -0.39 is 0 Å². The molecule has 1 atom stereocenters. The van der Waals surface area contributed by atoms with E-state index in [0.717, 1.165) is 75.9 Å². The third-order valence-electron chi connectivity index (χ3n) is 5.72. The molecular formula is C22H28FN3O2S. The third kappa shape index (κ3) is 5.63. The molecule has 29 heavy (non-hydrogen) atoms. The first-order valence-electron chi connectivity index (χ1n) is 10.3. The maximum absolute atomic E-state index is 13.1. The Balaban J connectivity index is 1.20. The number of likely N-dealkylation sites (tertiary alicyclic amines) is 1. The van der Waals surface area contributed by atoms with Gasteiger partial charge in [-0.25, -0.2) is 4.39 Å². The summed E-state index contributed by atoms with van der Waals surface area (Å²) in [6, 6.07) is 10.1. The molecule has 5 nitrogen and oxygen atoms in total. The molecule has 3 heterocycles. The molecule has 1 N–H and O–H groups in total. The summed E-state index contributed by atoms with van der Waals surface area (Å²) in [5, 5.41) is 3.10. The van der Waals surface area contributed by atoms with Crippen LogP contribution in [-0.2, 0) is 4.74 Å². The number of benzene rings is 1. The molecule has 1 amide bonds.